The molecule has 0 aliphatic carbocycles. The van der Waals surface area contributed by atoms with Crippen molar-refractivity contribution in [2.75, 3.05) is 19.8 Å². The van der Waals surface area contributed by atoms with E-state index in [1.165, 1.54) is 6.92 Å². The third-order valence-electron chi connectivity index (χ3n) is 3.71. The SMILES string of the molecule is CCCCC(NS(=O)(=O)c1cc(OCC(F)(F)F)ccc1OCC(F)(F)F)C(=O)OCC. The molecule has 1 atom stereocenters. The first-order valence-electron chi connectivity index (χ1n) is 9.40. The van der Waals surface area contributed by atoms with Crippen molar-refractivity contribution in [3.8, 4) is 11.5 Å². The van der Waals surface area contributed by atoms with E-state index in [0.29, 0.717) is 18.9 Å². The van der Waals surface area contributed by atoms with Gasteiger partial charge < -0.3 is 14.2 Å². The molecule has 1 N–H and O–H groups in total. The van der Waals surface area contributed by atoms with Gasteiger partial charge in [0, 0.05) is 6.07 Å². The average Bonchev–Trinajstić information content (AvgIpc) is 2.67. The summed E-state index contributed by atoms with van der Waals surface area (Å²) in [6.07, 6.45) is -8.51. The average molecular weight is 495 g/mol. The predicted molar refractivity (Wildman–Crippen MR) is 99.8 cm³/mol. The van der Waals surface area contributed by atoms with Gasteiger partial charge in [-0.15, -0.1) is 0 Å². The summed E-state index contributed by atoms with van der Waals surface area (Å²) in [5, 5.41) is 0. The van der Waals surface area contributed by atoms with Gasteiger partial charge in [-0.2, -0.15) is 31.1 Å². The zero-order chi connectivity index (χ0) is 24.6. The van der Waals surface area contributed by atoms with E-state index in [1.54, 1.807) is 6.92 Å². The van der Waals surface area contributed by atoms with Crippen LogP contribution in [-0.4, -0.2) is 52.6 Å². The maximum Gasteiger partial charge on any atom is 0.422 e. The number of ether oxygens (including phenoxy) is 3. The van der Waals surface area contributed by atoms with Gasteiger partial charge in [0.25, 0.3) is 0 Å². The van der Waals surface area contributed by atoms with Gasteiger partial charge in [0.05, 0.1) is 6.61 Å². The smallest absolute Gasteiger partial charge is 0.422 e. The number of hydrogen-bond acceptors (Lipinski definition) is 6. The van der Waals surface area contributed by atoms with Crippen LogP contribution in [-0.2, 0) is 19.6 Å². The lowest BCUT2D eigenvalue weighted by Crippen LogP contribution is -2.42. The maximum atomic E-state index is 12.9. The molecule has 0 fully saturated rings. The number of sulfonamides is 1. The summed E-state index contributed by atoms with van der Waals surface area (Å²) in [5.41, 5.74) is 0. The number of rotatable bonds is 12. The Morgan fingerprint density at radius 3 is 2.16 bits per heavy atom. The molecule has 0 bridgehead atoms. The van der Waals surface area contributed by atoms with Crippen LogP contribution < -0.4 is 14.2 Å². The zero-order valence-electron chi connectivity index (χ0n) is 17.2. The van der Waals surface area contributed by atoms with Crippen molar-refractivity contribution >= 4 is 16.0 Å². The van der Waals surface area contributed by atoms with E-state index in [9.17, 15) is 39.6 Å². The van der Waals surface area contributed by atoms with E-state index in [-0.39, 0.29) is 13.0 Å². The minimum absolute atomic E-state index is 0.0254. The molecule has 7 nitrogen and oxygen atoms in total. The Balaban J connectivity index is 3.31. The highest BCUT2D eigenvalue weighted by Crippen LogP contribution is 2.31. The minimum Gasteiger partial charge on any atom is -0.484 e. The largest absolute Gasteiger partial charge is 0.484 e. The van der Waals surface area contributed by atoms with Gasteiger partial charge >= 0.3 is 18.3 Å². The van der Waals surface area contributed by atoms with Crippen molar-refractivity contribution in [1.82, 2.24) is 4.72 Å². The molecular formula is C18H23F6NO6S. The number of esters is 1. The van der Waals surface area contributed by atoms with E-state index < -0.39 is 64.0 Å². The van der Waals surface area contributed by atoms with Gasteiger partial charge in [-0.05, 0) is 25.5 Å². The second-order valence-electron chi connectivity index (χ2n) is 6.48. The molecule has 0 saturated carbocycles. The molecule has 1 aromatic carbocycles. The van der Waals surface area contributed by atoms with Crippen molar-refractivity contribution < 1.29 is 53.8 Å². The maximum absolute atomic E-state index is 12.9. The number of hydrogen-bond donors (Lipinski definition) is 1. The van der Waals surface area contributed by atoms with Crippen molar-refractivity contribution in [3.05, 3.63) is 18.2 Å². The lowest BCUT2D eigenvalue weighted by atomic mass is 10.1. The molecule has 1 aromatic rings. The van der Waals surface area contributed by atoms with E-state index in [1.807, 2.05) is 4.72 Å². The molecule has 0 heterocycles. The lowest BCUT2D eigenvalue weighted by molar-refractivity contribution is -0.154. The number of halogens is 6. The van der Waals surface area contributed by atoms with Crippen LogP contribution in [0.3, 0.4) is 0 Å². The lowest BCUT2D eigenvalue weighted by Gasteiger charge is -2.19. The van der Waals surface area contributed by atoms with Crippen LogP contribution in [0, 0.1) is 0 Å². The summed E-state index contributed by atoms with van der Waals surface area (Å²) in [5.74, 6) is -2.28. The monoisotopic (exact) mass is 495 g/mol. The fourth-order valence-electron chi connectivity index (χ4n) is 2.36. The molecular weight excluding hydrogens is 472 g/mol. The summed E-state index contributed by atoms with van der Waals surface area (Å²) >= 11 is 0. The van der Waals surface area contributed by atoms with Crippen LogP contribution in [0.2, 0.25) is 0 Å². The first-order valence-corrected chi connectivity index (χ1v) is 10.9. The minimum atomic E-state index is -4.81. The quantitative estimate of drug-likeness (QED) is 0.349. The zero-order valence-corrected chi connectivity index (χ0v) is 18.0. The Morgan fingerprint density at radius 2 is 1.62 bits per heavy atom. The summed E-state index contributed by atoms with van der Waals surface area (Å²) in [7, 11) is -4.73. The van der Waals surface area contributed by atoms with E-state index in [2.05, 4.69) is 9.47 Å². The van der Waals surface area contributed by atoms with E-state index in [4.69, 9.17) is 4.74 Å². The fraction of sp³-hybridized carbons (Fsp3) is 0.611. The third kappa shape index (κ3) is 9.94. The number of carbonyl (C=O) groups is 1. The van der Waals surface area contributed by atoms with Gasteiger partial charge in [0.2, 0.25) is 10.0 Å². The van der Waals surface area contributed by atoms with Gasteiger partial charge in [0.1, 0.15) is 22.4 Å². The first-order chi connectivity index (χ1) is 14.7. The van der Waals surface area contributed by atoms with Crippen molar-refractivity contribution in [1.29, 1.82) is 0 Å². The summed E-state index contributed by atoms with van der Waals surface area (Å²) in [6, 6.07) is 0.783. The standard InChI is InChI=1S/C18H23F6NO6S/c1-3-5-6-13(16(26)29-4-2)25-32(27,28)15-9-12(30-10-17(19,20)21)7-8-14(15)31-11-18(22,23)24/h7-9,13,25H,3-6,10-11H2,1-2H3. The Hall–Kier alpha value is -2.22. The van der Waals surface area contributed by atoms with Gasteiger partial charge in [-0.25, -0.2) is 8.42 Å². The van der Waals surface area contributed by atoms with Gasteiger partial charge in [-0.1, -0.05) is 19.8 Å². The molecule has 32 heavy (non-hydrogen) atoms. The summed E-state index contributed by atoms with van der Waals surface area (Å²) < 4.78 is 116. The Bertz CT molecular complexity index is 856. The van der Waals surface area contributed by atoms with Gasteiger partial charge in [-0.3, -0.25) is 4.79 Å². The molecule has 0 spiro atoms. The topological polar surface area (TPSA) is 90.9 Å². The Labute approximate surface area is 181 Å². The fourth-order valence-corrected chi connectivity index (χ4v) is 3.74. The van der Waals surface area contributed by atoms with Crippen LogP contribution in [0.15, 0.2) is 23.1 Å². The number of nitrogens with one attached hydrogen (secondary N) is 1. The summed E-state index contributed by atoms with van der Waals surface area (Å²) in [4.78, 5) is 11.2. The van der Waals surface area contributed by atoms with Crippen molar-refractivity contribution in [2.45, 2.75) is 56.4 Å². The molecule has 14 heteroatoms. The van der Waals surface area contributed by atoms with Crippen molar-refractivity contribution in [3.63, 3.8) is 0 Å². The highest BCUT2D eigenvalue weighted by Gasteiger charge is 2.33. The van der Waals surface area contributed by atoms with Crippen LogP contribution in [0.25, 0.3) is 0 Å². The highest BCUT2D eigenvalue weighted by molar-refractivity contribution is 7.89. The predicted octanol–water partition coefficient (Wildman–Crippen LogP) is 3.97. The van der Waals surface area contributed by atoms with Crippen molar-refractivity contribution in [2.24, 2.45) is 0 Å². The number of unbranched alkanes of at least 4 members (excludes halogenated alkanes) is 1. The second-order valence-corrected chi connectivity index (χ2v) is 8.17. The van der Waals surface area contributed by atoms with Crippen LogP contribution in [0.4, 0.5) is 26.3 Å². The van der Waals surface area contributed by atoms with Crippen LogP contribution in [0.1, 0.15) is 33.1 Å². The Morgan fingerprint density at radius 1 is 1.03 bits per heavy atom. The van der Waals surface area contributed by atoms with E-state index in [0.717, 1.165) is 12.1 Å². The molecule has 0 aliphatic rings. The second kappa shape index (κ2) is 11.6. The van der Waals surface area contributed by atoms with Crippen LogP contribution >= 0.6 is 0 Å². The first kappa shape index (κ1) is 27.8. The molecule has 1 rings (SSSR count). The molecule has 184 valence electrons. The molecule has 1 unspecified atom stereocenters. The number of carbonyl (C=O) groups excluding carboxylic acids is 1. The highest BCUT2D eigenvalue weighted by atomic mass is 32.2. The number of benzene rings is 1. The van der Waals surface area contributed by atoms with Crippen LogP contribution in [0.5, 0.6) is 11.5 Å². The molecule has 0 radical (unpaired) electrons. The summed E-state index contributed by atoms with van der Waals surface area (Å²) in [6.45, 7) is -0.390. The molecule has 0 aliphatic heterocycles. The molecule has 0 aromatic heterocycles. The normalized spacial score (nSPS) is 13.5. The molecule has 0 saturated heterocycles. The molecule has 0 amide bonds. The van der Waals surface area contributed by atoms with E-state index >= 15 is 0 Å². The van der Waals surface area contributed by atoms with Gasteiger partial charge in [0.15, 0.2) is 13.2 Å². The third-order valence-corrected chi connectivity index (χ3v) is 5.21. The number of alkyl halides is 6. The Kier molecular flexibility index (Phi) is 10.1.